The van der Waals surface area contributed by atoms with E-state index in [1.807, 2.05) is 0 Å². The van der Waals surface area contributed by atoms with Crippen LogP contribution in [0, 0.1) is 0 Å². The van der Waals surface area contributed by atoms with Gasteiger partial charge in [0.05, 0.1) is 12.6 Å². The van der Waals surface area contributed by atoms with Gasteiger partial charge in [-0.2, -0.15) is 0 Å². The topological polar surface area (TPSA) is 27.6 Å². The molecule has 2 aliphatic rings. The van der Waals surface area contributed by atoms with Crippen LogP contribution in [0.15, 0.2) is 4.99 Å². The van der Waals surface area contributed by atoms with E-state index in [9.17, 15) is 0 Å². The van der Waals surface area contributed by atoms with Gasteiger partial charge in [0.1, 0.15) is 0 Å². The molecule has 0 aromatic rings. The standard InChI is InChI=1S/C9H17N3/c1-3-8-6-10-9-11-7(2)4-5-12(8)9/h7-8H,3-6H2,1-2H3,(H,10,11). The van der Waals surface area contributed by atoms with Gasteiger partial charge < -0.3 is 10.2 Å². The summed E-state index contributed by atoms with van der Waals surface area (Å²) in [6, 6.07) is 1.27. The zero-order valence-electron chi connectivity index (χ0n) is 7.88. The molecule has 0 spiro atoms. The monoisotopic (exact) mass is 167 g/mol. The summed E-state index contributed by atoms with van der Waals surface area (Å²) in [6.45, 7) is 6.64. The molecule has 0 aliphatic carbocycles. The van der Waals surface area contributed by atoms with Gasteiger partial charge in [-0.15, -0.1) is 0 Å². The first-order chi connectivity index (χ1) is 5.81. The number of guanidine groups is 1. The molecule has 2 heterocycles. The van der Waals surface area contributed by atoms with E-state index in [2.05, 4.69) is 29.1 Å². The number of hydrogen-bond acceptors (Lipinski definition) is 3. The largest absolute Gasteiger partial charge is 0.354 e. The van der Waals surface area contributed by atoms with Crippen LogP contribution in [-0.2, 0) is 0 Å². The smallest absolute Gasteiger partial charge is 0.194 e. The molecule has 1 saturated heterocycles. The van der Waals surface area contributed by atoms with Gasteiger partial charge >= 0.3 is 0 Å². The summed E-state index contributed by atoms with van der Waals surface area (Å²) in [7, 11) is 0. The highest BCUT2D eigenvalue weighted by Gasteiger charge is 2.30. The SMILES string of the molecule is CCC1CN=C2NC(C)CCN21. The molecule has 12 heavy (non-hydrogen) atoms. The Kier molecular flexibility index (Phi) is 1.95. The van der Waals surface area contributed by atoms with E-state index in [1.165, 1.54) is 19.4 Å². The molecule has 0 amide bonds. The van der Waals surface area contributed by atoms with Crippen LogP contribution < -0.4 is 5.32 Å². The summed E-state index contributed by atoms with van der Waals surface area (Å²) in [5, 5.41) is 3.42. The van der Waals surface area contributed by atoms with Gasteiger partial charge in [0.15, 0.2) is 5.96 Å². The predicted molar refractivity (Wildman–Crippen MR) is 50.3 cm³/mol. The van der Waals surface area contributed by atoms with Crippen LogP contribution in [0.25, 0.3) is 0 Å². The van der Waals surface area contributed by atoms with E-state index in [1.54, 1.807) is 0 Å². The van der Waals surface area contributed by atoms with Crippen molar-refractivity contribution < 1.29 is 0 Å². The number of nitrogens with one attached hydrogen (secondary N) is 1. The summed E-state index contributed by atoms with van der Waals surface area (Å²) in [6.07, 6.45) is 2.46. The fourth-order valence-corrected chi connectivity index (χ4v) is 1.95. The third-order valence-electron chi connectivity index (χ3n) is 2.81. The Bertz CT molecular complexity index is 200. The van der Waals surface area contributed by atoms with Crippen molar-refractivity contribution in [2.24, 2.45) is 4.99 Å². The zero-order chi connectivity index (χ0) is 8.55. The number of rotatable bonds is 1. The Hall–Kier alpha value is -0.730. The van der Waals surface area contributed by atoms with Crippen LogP contribution in [0.4, 0.5) is 0 Å². The average molecular weight is 167 g/mol. The molecule has 1 N–H and O–H groups in total. The van der Waals surface area contributed by atoms with Crippen LogP contribution in [0.5, 0.6) is 0 Å². The molecule has 2 rings (SSSR count). The molecule has 3 heteroatoms. The lowest BCUT2D eigenvalue weighted by atomic mass is 10.1. The van der Waals surface area contributed by atoms with E-state index in [4.69, 9.17) is 0 Å². The fourth-order valence-electron chi connectivity index (χ4n) is 1.95. The highest BCUT2D eigenvalue weighted by Crippen LogP contribution is 2.17. The van der Waals surface area contributed by atoms with Crippen molar-refractivity contribution in [1.82, 2.24) is 10.2 Å². The molecular formula is C9H17N3. The van der Waals surface area contributed by atoms with Gasteiger partial charge in [-0.05, 0) is 19.8 Å². The van der Waals surface area contributed by atoms with Crippen LogP contribution in [0.3, 0.4) is 0 Å². The van der Waals surface area contributed by atoms with Gasteiger partial charge in [-0.3, -0.25) is 4.99 Å². The van der Waals surface area contributed by atoms with Gasteiger partial charge in [-0.1, -0.05) is 6.92 Å². The second kappa shape index (κ2) is 2.96. The average Bonchev–Trinajstić information content (AvgIpc) is 2.46. The molecule has 0 saturated carbocycles. The highest BCUT2D eigenvalue weighted by molar-refractivity contribution is 5.82. The summed E-state index contributed by atoms with van der Waals surface area (Å²) in [4.78, 5) is 6.91. The van der Waals surface area contributed by atoms with Crippen molar-refractivity contribution in [2.45, 2.75) is 38.8 Å². The van der Waals surface area contributed by atoms with Crippen molar-refractivity contribution >= 4 is 5.96 Å². The van der Waals surface area contributed by atoms with Crippen molar-refractivity contribution in [3.05, 3.63) is 0 Å². The Balaban J connectivity index is 2.05. The Morgan fingerprint density at radius 1 is 1.67 bits per heavy atom. The maximum absolute atomic E-state index is 4.49. The normalized spacial score (nSPS) is 34.2. The Labute approximate surface area is 73.9 Å². The molecule has 0 radical (unpaired) electrons. The summed E-state index contributed by atoms with van der Waals surface area (Å²) in [5.41, 5.74) is 0. The first-order valence-corrected chi connectivity index (χ1v) is 4.89. The van der Waals surface area contributed by atoms with E-state index >= 15 is 0 Å². The van der Waals surface area contributed by atoms with Crippen molar-refractivity contribution in [1.29, 1.82) is 0 Å². The van der Waals surface area contributed by atoms with Gasteiger partial charge in [-0.25, -0.2) is 0 Å². The molecule has 0 aromatic carbocycles. The minimum absolute atomic E-state index is 0.607. The highest BCUT2D eigenvalue weighted by atomic mass is 15.4. The fraction of sp³-hybridized carbons (Fsp3) is 0.889. The summed E-state index contributed by atoms with van der Waals surface area (Å²) >= 11 is 0. The van der Waals surface area contributed by atoms with Crippen LogP contribution in [0.1, 0.15) is 26.7 Å². The van der Waals surface area contributed by atoms with E-state index < -0.39 is 0 Å². The molecule has 2 unspecified atom stereocenters. The Morgan fingerprint density at radius 3 is 3.25 bits per heavy atom. The van der Waals surface area contributed by atoms with Gasteiger partial charge in [0.25, 0.3) is 0 Å². The lowest BCUT2D eigenvalue weighted by Gasteiger charge is -2.34. The van der Waals surface area contributed by atoms with Crippen molar-refractivity contribution in [3.63, 3.8) is 0 Å². The van der Waals surface area contributed by atoms with Crippen molar-refractivity contribution in [3.8, 4) is 0 Å². The molecule has 3 nitrogen and oxygen atoms in total. The number of fused-ring (bicyclic) bond motifs is 1. The first kappa shape index (κ1) is 7.90. The number of aliphatic imine (C=N–C) groups is 1. The third kappa shape index (κ3) is 1.17. The quantitative estimate of drug-likeness (QED) is 0.626. The van der Waals surface area contributed by atoms with E-state index in [0.717, 1.165) is 12.5 Å². The van der Waals surface area contributed by atoms with Crippen LogP contribution >= 0.6 is 0 Å². The minimum atomic E-state index is 0.607. The lowest BCUT2D eigenvalue weighted by molar-refractivity contribution is 0.284. The molecule has 2 atom stereocenters. The molecule has 2 aliphatic heterocycles. The van der Waals surface area contributed by atoms with Crippen LogP contribution in [-0.4, -0.2) is 36.0 Å². The maximum Gasteiger partial charge on any atom is 0.194 e. The molecule has 0 bridgehead atoms. The maximum atomic E-state index is 4.49. The molecule has 1 fully saturated rings. The molecule has 68 valence electrons. The van der Waals surface area contributed by atoms with Crippen LogP contribution in [0.2, 0.25) is 0 Å². The van der Waals surface area contributed by atoms with Crippen molar-refractivity contribution in [2.75, 3.05) is 13.1 Å². The zero-order valence-corrected chi connectivity index (χ0v) is 7.88. The Morgan fingerprint density at radius 2 is 2.50 bits per heavy atom. The summed E-state index contributed by atoms with van der Waals surface area (Å²) < 4.78 is 0. The predicted octanol–water partition coefficient (Wildman–Crippen LogP) is 0.818. The van der Waals surface area contributed by atoms with Gasteiger partial charge in [0, 0.05) is 12.6 Å². The molecule has 0 aromatic heterocycles. The summed E-state index contributed by atoms with van der Waals surface area (Å²) in [5.74, 6) is 1.14. The van der Waals surface area contributed by atoms with Gasteiger partial charge in [0.2, 0.25) is 0 Å². The van der Waals surface area contributed by atoms with E-state index in [-0.39, 0.29) is 0 Å². The lowest BCUT2D eigenvalue weighted by Crippen LogP contribution is -2.52. The first-order valence-electron chi connectivity index (χ1n) is 4.89. The third-order valence-corrected chi connectivity index (χ3v) is 2.81. The number of nitrogens with zero attached hydrogens (tertiary/aromatic N) is 2. The second-order valence-electron chi connectivity index (χ2n) is 3.75. The van der Waals surface area contributed by atoms with E-state index in [0.29, 0.717) is 12.1 Å². The second-order valence-corrected chi connectivity index (χ2v) is 3.75. The molecular weight excluding hydrogens is 150 g/mol. The number of hydrogen-bond donors (Lipinski definition) is 1. The minimum Gasteiger partial charge on any atom is -0.354 e.